The average Bonchev–Trinajstić information content (AvgIpc) is 2.39. The molecule has 5 nitrogen and oxygen atoms in total. The van der Waals surface area contributed by atoms with Crippen molar-refractivity contribution in [2.45, 2.75) is 25.4 Å². The molecule has 0 bridgehead atoms. The van der Waals surface area contributed by atoms with Gasteiger partial charge in [-0.2, -0.15) is 0 Å². The lowest BCUT2D eigenvalue weighted by atomic mass is 9.96. The summed E-state index contributed by atoms with van der Waals surface area (Å²) in [7, 11) is 0. The van der Waals surface area contributed by atoms with E-state index in [1.807, 2.05) is 24.4 Å². The third kappa shape index (κ3) is 4.72. The van der Waals surface area contributed by atoms with Crippen molar-refractivity contribution in [3.05, 3.63) is 58.8 Å². The third-order valence-corrected chi connectivity index (χ3v) is 3.31. The maximum Gasteiger partial charge on any atom is 0.191 e. The second-order valence-electron chi connectivity index (χ2n) is 4.89. The van der Waals surface area contributed by atoms with Gasteiger partial charge in [0.1, 0.15) is 11.9 Å². The number of nitrogens with two attached hydrogens (primary N) is 2. The van der Waals surface area contributed by atoms with Gasteiger partial charge in [-0.05, 0) is 37.0 Å². The van der Waals surface area contributed by atoms with E-state index in [2.05, 4.69) is 5.32 Å². The van der Waals surface area contributed by atoms with E-state index in [1.54, 1.807) is 6.08 Å². The van der Waals surface area contributed by atoms with Gasteiger partial charge in [-0.3, -0.25) is 5.41 Å². The molecule has 0 aromatic rings. The first kappa shape index (κ1) is 15.3. The number of rotatable bonds is 5. The highest BCUT2D eigenvalue weighted by Gasteiger charge is 2.20. The normalized spacial score (nSPS) is 21.6. The van der Waals surface area contributed by atoms with Crippen LogP contribution in [0.3, 0.4) is 0 Å². The molecule has 0 saturated heterocycles. The zero-order chi connectivity index (χ0) is 15.2. The van der Waals surface area contributed by atoms with Gasteiger partial charge in [0.15, 0.2) is 5.88 Å². The lowest BCUT2D eigenvalue weighted by molar-refractivity contribution is 0.0445. The van der Waals surface area contributed by atoms with Crippen molar-refractivity contribution in [2.24, 2.45) is 11.5 Å². The van der Waals surface area contributed by atoms with Gasteiger partial charge in [-0.25, -0.2) is 0 Å². The molecule has 6 heteroatoms. The van der Waals surface area contributed by atoms with E-state index >= 15 is 0 Å². The molecule has 1 fully saturated rings. The number of dihydropyridines is 1. The number of hydrogen-bond donors (Lipinski definition) is 4. The molecule has 1 saturated carbocycles. The quantitative estimate of drug-likeness (QED) is 0.271. The molecular formula is C15H19ClN4O. The van der Waals surface area contributed by atoms with Crippen molar-refractivity contribution >= 4 is 17.4 Å². The minimum Gasteiger partial charge on any atom is -0.476 e. The standard InChI is InChI=1S/C15H19ClN4O/c16-13(17)9-11(15(18)19)5-4-10-6-7-20-14(8-10)21-12-2-1-3-12/h4-9,12,20H,1-3,17H2,(H3,18,19)/b10-4?,11-5?,13-9-. The van der Waals surface area contributed by atoms with Crippen LogP contribution in [0.1, 0.15) is 19.3 Å². The van der Waals surface area contributed by atoms with Gasteiger partial charge in [0, 0.05) is 17.8 Å². The first-order valence-corrected chi connectivity index (χ1v) is 7.13. The van der Waals surface area contributed by atoms with Crippen LogP contribution < -0.4 is 16.8 Å². The van der Waals surface area contributed by atoms with Crippen molar-refractivity contribution < 1.29 is 4.74 Å². The number of ether oxygens (including phenoxy) is 1. The van der Waals surface area contributed by atoms with Gasteiger partial charge in [-0.1, -0.05) is 23.8 Å². The molecule has 1 aliphatic heterocycles. The molecule has 0 atom stereocenters. The predicted molar refractivity (Wildman–Crippen MR) is 85.3 cm³/mol. The van der Waals surface area contributed by atoms with Crippen molar-refractivity contribution in [2.75, 3.05) is 0 Å². The molecular weight excluding hydrogens is 288 g/mol. The molecule has 0 aromatic heterocycles. The van der Waals surface area contributed by atoms with Crippen molar-refractivity contribution in [1.29, 1.82) is 5.41 Å². The van der Waals surface area contributed by atoms with E-state index < -0.39 is 0 Å². The summed E-state index contributed by atoms with van der Waals surface area (Å²) in [4.78, 5) is 0. The summed E-state index contributed by atoms with van der Waals surface area (Å²) in [5, 5.41) is 10.6. The molecule has 2 aliphatic rings. The van der Waals surface area contributed by atoms with Crippen LogP contribution >= 0.6 is 11.6 Å². The topological polar surface area (TPSA) is 97.2 Å². The highest BCUT2D eigenvalue weighted by Crippen LogP contribution is 2.25. The Bertz CT molecular complexity index is 564. The third-order valence-electron chi connectivity index (χ3n) is 3.20. The Kier molecular flexibility index (Phi) is 5.11. The minimum atomic E-state index is -0.0942. The van der Waals surface area contributed by atoms with Crippen LogP contribution in [0.15, 0.2) is 58.8 Å². The Labute approximate surface area is 129 Å². The Morgan fingerprint density at radius 2 is 2.19 bits per heavy atom. The Balaban J connectivity index is 2.10. The summed E-state index contributed by atoms with van der Waals surface area (Å²) in [6.45, 7) is 0. The maximum absolute atomic E-state index is 7.48. The molecule has 112 valence electrons. The SMILES string of the molecule is N=C(N)C(=CC=C1C=CNC(OC2CCC2)=C1)/C=C(\N)Cl. The van der Waals surface area contributed by atoms with E-state index in [4.69, 9.17) is 33.2 Å². The van der Waals surface area contributed by atoms with Crippen LogP contribution in [0, 0.1) is 5.41 Å². The summed E-state index contributed by atoms with van der Waals surface area (Å²) >= 11 is 5.61. The van der Waals surface area contributed by atoms with Crippen LogP contribution in [-0.4, -0.2) is 11.9 Å². The first-order valence-electron chi connectivity index (χ1n) is 6.75. The fraction of sp³-hybridized carbons (Fsp3) is 0.267. The number of allylic oxidation sites excluding steroid dienone is 5. The molecule has 6 N–H and O–H groups in total. The number of hydrogen-bond acceptors (Lipinski definition) is 4. The molecule has 0 radical (unpaired) electrons. The molecule has 21 heavy (non-hydrogen) atoms. The van der Waals surface area contributed by atoms with Crippen molar-refractivity contribution in [1.82, 2.24) is 5.32 Å². The Hall–Kier alpha value is -2.14. The first-order chi connectivity index (χ1) is 10.0. The smallest absolute Gasteiger partial charge is 0.191 e. The zero-order valence-corrected chi connectivity index (χ0v) is 12.4. The largest absolute Gasteiger partial charge is 0.476 e. The Morgan fingerprint density at radius 3 is 2.76 bits per heavy atom. The second-order valence-corrected chi connectivity index (χ2v) is 5.33. The lowest BCUT2D eigenvalue weighted by Crippen LogP contribution is -2.25. The van der Waals surface area contributed by atoms with Gasteiger partial charge in [0.05, 0.1) is 5.16 Å². The van der Waals surface area contributed by atoms with E-state index in [0.717, 1.165) is 24.3 Å². The number of amidine groups is 1. The molecule has 2 rings (SSSR count). The van der Waals surface area contributed by atoms with Crippen LogP contribution in [0.25, 0.3) is 0 Å². The van der Waals surface area contributed by atoms with Gasteiger partial charge in [0.25, 0.3) is 0 Å². The van der Waals surface area contributed by atoms with Crippen molar-refractivity contribution in [3.8, 4) is 0 Å². The fourth-order valence-electron chi connectivity index (χ4n) is 1.85. The van der Waals surface area contributed by atoms with E-state index in [-0.39, 0.29) is 11.0 Å². The molecule has 1 aliphatic carbocycles. The Morgan fingerprint density at radius 1 is 1.43 bits per heavy atom. The summed E-state index contributed by atoms with van der Waals surface area (Å²) in [6, 6.07) is 0. The predicted octanol–water partition coefficient (Wildman–Crippen LogP) is 2.34. The highest BCUT2D eigenvalue weighted by molar-refractivity contribution is 6.29. The van der Waals surface area contributed by atoms with Gasteiger partial charge in [0.2, 0.25) is 0 Å². The summed E-state index contributed by atoms with van der Waals surface area (Å²) in [6.07, 6.45) is 14.3. The highest BCUT2D eigenvalue weighted by atomic mass is 35.5. The van der Waals surface area contributed by atoms with Crippen LogP contribution in [-0.2, 0) is 4.74 Å². The summed E-state index contributed by atoms with van der Waals surface area (Å²) in [5.41, 5.74) is 12.3. The van der Waals surface area contributed by atoms with E-state index in [0.29, 0.717) is 11.7 Å². The molecule has 0 unspecified atom stereocenters. The van der Waals surface area contributed by atoms with Crippen molar-refractivity contribution in [3.63, 3.8) is 0 Å². The van der Waals surface area contributed by atoms with E-state index in [1.165, 1.54) is 12.5 Å². The van der Waals surface area contributed by atoms with Crippen LogP contribution in [0.4, 0.5) is 0 Å². The van der Waals surface area contributed by atoms with Crippen LogP contribution in [0.5, 0.6) is 0 Å². The lowest BCUT2D eigenvalue weighted by Gasteiger charge is -2.28. The molecule has 0 amide bonds. The zero-order valence-electron chi connectivity index (χ0n) is 11.6. The number of nitrogens with one attached hydrogen (secondary N) is 2. The summed E-state index contributed by atoms with van der Waals surface area (Å²) in [5.74, 6) is 0.641. The molecule has 0 spiro atoms. The second kappa shape index (κ2) is 7.04. The van der Waals surface area contributed by atoms with Gasteiger partial charge < -0.3 is 21.5 Å². The fourth-order valence-corrected chi connectivity index (χ4v) is 1.97. The molecule has 1 heterocycles. The average molecular weight is 307 g/mol. The monoisotopic (exact) mass is 306 g/mol. The minimum absolute atomic E-state index is 0.0836. The maximum atomic E-state index is 7.48. The summed E-state index contributed by atoms with van der Waals surface area (Å²) < 4.78 is 5.79. The molecule has 0 aromatic carbocycles. The number of halogens is 1. The van der Waals surface area contributed by atoms with Crippen LogP contribution in [0.2, 0.25) is 0 Å². The van der Waals surface area contributed by atoms with E-state index in [9.17, 15) is 0 Å². The van der Waals surface area contributed by atoms with Gasteiger partial charge >= 0.3 is 0 Å². The van der Waals surface area contributed by atoms with Gasteiger partial charge in [-0.15, -0.1) is 0 Å².